The van der Waals surface area contributed by atoms with Gasteiger partial charge in [0.1, 0.15) is 12.2 Å². The van der Waals surface area contributed by atoms with Crippen molar-refractivity contribution in [3.05, 3.63) is 41.2 Å². The Morgan fingerprint density at radius 3 is 2.97 bits per heavy atom. The van der Waals surface area contributed by atoms with Crippen LogP contribution >= 0.6 is 0 Å². The molecule has 1 unspecified atom stereocenters. The molecule has 2 N–H and O–H groups in total. The number of carboxylic acid groups (broad SMARTS) is 1. The van der Waals surface area contributed by atoms with E-state index in [2.05, 4.69) is 18.0 Å². The quantitative estimate of drug-likeness (QED) is 0.703. The minimum absolute atomic E-state index is 0.0374. The van der Waals surface area contributed by atoms with E-state index in [1.54, 1.807) is 0 Å². The highest BCUT2D eigenvalue weighted by Gasteiger charge is 2.64. The van der Waals surface area contributed by atoms with Crippen molar-refractivity contribution in [2.24, 2.45) is 5.92 Å². The maximum atomic E-state index is 14.8. The predicted octanol–water partition coefficient (Wildman–Crippen LogP) is 1.61. The third-order valence-corrected chi connectivity index (χ3v) is 7.95. The van der Waals surface area contributed by atoms with Gasteiger partial charge >= 0.3 is 5.97 Å². The number of aliphatic hydroxyl groups is 1. The second-order valence-electron chi connectivity index (χ2n) is 9.52. The summed E-state index contributed by atoms with van der Waals surface area (Å²) in [6.07, 6.45) is 2.30. The summed E-state index contributed by atoms with van der Waals surface area (Å²) in [6, 6.07) is 3.68. The molecule has 2 saturated heterocycles. The number of carbonyl (C=O) groups is 1. The zero-order chi connectivity index (χ0) is 21.5. The van der Waals surface area contributed by atoms with E-state index >= 15 is 0 Å². The van der Waals surface area contributed by atoms with Crippen LogP contribution in [-0.4, -0.2) is 71.4 Å². The van der Waals surface area contributed by atoms with Gasteiger partial charge in [0, 0.05) is 35.8 Å². The van der Waals surface area contributed by atoms with Gasteiger partial charge in [-0.25, -0.2) is 9.18 Å². The number of ether oxygens (including phenoxy) is 3. The van der Waals surface area contributed by atoms with Gasteiger partial charge in [0.25, 0.3) is 0 Å². The second kappa shape index (κ2) is 6.75. The van der Waals surface area contributed by atoms with Crippen LogP contribution in [0.4, 0.5) is 4.39 Å². The van der Waals surface area contributed by atoms with Crippen LogP contribution in [0.3, 0.4) is 0 Å². The summed E-state index contributed by atoms with van der Waals surface area (Å²) in [5.74, 6) is -0.948. The van der Waals surface area contributed by atoms with Crippen molar-refractivity contribution < 1.29 is 33.6 Å². The molecule has 6 rings (SSSR count). The Kier molecular flexibility index (Phi) is 4.28. The first-order valence-corrected chi connectivity index (χ1v) is 11.0. The molecule has 8 atom stereocenters. The Morgan fingerprint density at radius 1 is 1.32 bits per heavy atom. The number of hydrogen-bond donors (Lipinski definition) is 2. The molecule has 3 heterocycles. The van der Waals surface area contributed by atoms with Gasteiger partial charge in [0.2, 0.25) is 0 Å². The van der Waals surface area contributed by atoms with E-state index in [4.69, 9.17) is 14.2 Å². The number of piperidine rings is 1. The summed E-state index contributed by atoms with van der Waals surface area (Å²) in [4.78, 5) is 13.8. The van der Waals surface area contributed by atoms with Crippen molar-refractivity contribution >= 4 is 5.97 Å². The fourth-order valence-electron chi connectivity index (χ4n) is 6.60. The minimum atomic E-state index is -1.12. The number of nitrogens with zero attached hydrogens (tertiary/aromatic N) is 1. The largest absolute Gasteiger partial charge is 0.483 e. The number of carboxylic acids is 1. The first-order valence-electron chi connectivity index (χ1n) is 11.0. The highest BCUT2D eigenvalue weighted by molar-refractivity contribution is 5.72. The Hall–Kier alpha value is -2.00. The Bertz CT molecular complexity index is 968. The van der Waals surface area contributed by atoms with Crippen LogP contribution < -0.4 is 4.74 Å². The number of hydrogen-bond acceptors (Lipinski definition) is 6. The van der Waals surface area contributed by atoms with Crippen LogP contribution in [0.15, 0.2) is 24.3 Å². The zero-order valence-electron chi connectivity index (χ0n) is 17.2. The molecule has 3 aliphatic heterocycles. The van der Waals surface area contributed by atoms with E-state index < -0.39 is 36.7 Å². The summed E-state index contributed by atoms with van der Waals surface area (Å²) in [5, 5.41) is 19.4. The van der Waals surface area contributed by atoms with E-state index in [1.165, 1.54) is 6.07 Å². The summed E-state index contributed by atoms with van der Waals surface area (Å²) < 4.78 is 32.9. The molecular formula is C23H26FNO6. The van der Waals surface area contributed by atoms with Gasteiger partial charge in [-0.1, -0.05) is 18.2 Å². The standard InChI is InChI=1S/C23H26FNO6/c1-25-7-6-23-13-3-5-16(29-18-10-12(26)9-17(30-18)22(27)28)21(23)31-20-14(24)4-2-11(19(20)23)8-15(13)25/h2-5,12-13,15-18,21,26H,6-10H2,1H3,(H,27,28)/t12-,13-,15+,16-,17-,18?,21-,23-/m0/s1. The summed E-state index contributed by atoms with van der Waals surface area (Å²) >= 11 is 0. The lowest BCUT2D eigenvalue weighted by Gasteiger charge is -2.57. The molecule has 2 fully saturated rings. The van der Waals surface area contributed by atoms with Crippen LogP contribution in [0.1, 0.15) is 30.4 Å². The summed E-state index contributed by atoms with van der Waals surface area (Å²) in [6.45, 7) is 0.886. The first kappa shape index (κ1) is 19.7. The van der Waals surface area contributed by atoms with Gasteiger partial charge in [-0.15, -0.1) is 0 Å². The molecule has 5 aliphatic rings. The van der Waals surface area contributed by atoms with Gasteiger partial charge in [-0.2, -0.15) is 0 Å². The van der Waals surface area contributed by atoms with Crippen LogP contribution in [0.5, 0.6) is 5.75 Å². The number of benzene rings is 1. The van der Waals surface area contributed by atoms with Crippen molar-refractivity contribution in [1.29, 1.82) is 0 Å². The fraction of sp³-hybridized carbons (Fsp3) is 0.609. The molecule has 2 bridgehead atoms. The van der Waals surface area contributed by atoms with Crippen molar-refractivity contribution in [3.8, 4) is 5.75 Å². The number of likely N-dealkylation sites (tertiary alicyclic amines) is 1. The molecule has 0 aromatic heterocycles. The van der Waals surface area contributed by atoms with Crippen LogP contribution in [0.25, 0.3) is 0 Å². The van der Waals surface area contributed by atoms with Crippen molar-refractivity contribution in [2.75, 3.05) is 13.6 Å². The van der Waals surface area contributed by atoms with Crippen molar-refractivity contribution in [1.82, 2.24) is 4.90 Å². The molecule has 8 heteroatoms. The maximum absolute atomic E-state index is 14.8. The van der Waals surface area contributed by atoms with E-state index in [9.17, 15) is 19.4 Å². The normalized spacial score (nSPS) is 42.7. The molecule has 1 aromatic carbocycles. The number of likely N-dealkylation sites (N-methyl/N-ethyl adjacent to an activating group) is 1. The van der Waals surface area contributed by atoms with Crippen LogP contribution in [0, 0.1) is 11.7 Å². The Labute approximate surface area is 179 Å². The molecule has 31 heavy (non-hydrogen) atoms. The monoisotopic (exact) mass is 431 g/mol. The van der Waals surface area contributed by atoms with Gasteiger partial charge < -0.3 is 29.3 Å². The van der Waals surface area contributed by atoms with Gasteiger partial charge in [0.05, 0.1) is 6.10 Å². The molecule has 2 aliphatic carbocycles. The van der Waals surface area contributed by atoms with E-state index in [0.717, 1.165) is 30.5 Å². The molecule has 0 saturated carbocycles. The molecule has 1 spiro atoms. The second-order valence-corrected chi connectivity index (χ2v) is 9.52. The number of halogens is 1. The lowest BCUT2D eigenvalue weighted by molar-refractivity contribution is -0.243. The van der Waals surface area contributed by atoms with E-state index in [1.807, 2.05) is 12.1 Å². The minimum Gasteiger partial charge on any atom is -0.483 e. The number of aliphatic hydroxyl groups excluding tert-OH is 1. The molecular weight excluding hydrogens is 405 g/mol. The van der Waals surface area contributed by atoms with Crippen molar-refractivity contribution in [3.63, 3.8) is 0 Å². The van der Waals surface area contributed by atoms with Crippen LogP contribution in [-0.2, 0) is 26.1 Å². The Balaban J connectivity index is 1.37. The van der Waals surface area contributed by atoms with Gasteiger partial charge in [-0.05, 0) is 38.1 Å². The molecule has 1 aromatic rings. The number of aliphatic carboxylic acids is 1. The summed E-state index contributed by atoms with van der Waals surface area (Å²) in [5.41, 5.74) is 1.75. The molecule has 0 amide bonds. The smallest absolute Gasteiger partial charge is 0.333 e. The van der Waals surface area contributed by atoms with E-state index in [-0.39, 0.29) is 30.0 Å². The molecule has 0 radical (unpaired) electrons. The Morgan fingerprint density at radius 2 is 2.16 bits per heavy atom. The average molecular weight is 431 g/mol. The summed E-state index contributed by atoms with van der Waals surface area (Å²) in [7, 11) is 2.14. The highest BCUT2D eigenvalue weighted by Crippen LogP contribution is 2.61. The molecule has 166 valence electrons. The lowest BCUT2D eigenvalue weighted by Crippen LogP contribution is -2.65. The highest BCUT2D eigenvalue weighted by atomic mass is 19.1. The topological polar surface area (TPSA) is 88.5 Å². The van der Waals surface area contributed by atoms with Gasteiger partial charge in [0.15, 0.2) is 24.0 Å². The zero-order valence-corrected chi connectivity index (χ0v) is 17.2. The lowest BCUT2D eigenvalue weighted by atomic mass is 9.53. The van der Waals surface area contributed by atoms with Crippen LogP contribution in [0.2, 0.25) is 0 Å². The number of rotatable bonds is 3. The van der Waals surface area contributed by atoms with Crippen molar-refractivity contribution in [2.45, 2.75) is 67.8 Å². The predicted molar refractivity (Wildman–Crippen MR) is 106 cm³/mol. The van der Waals surface area contributed by atoms with Gasteiger partial charge in [-0.3, -0.25) is 0 Å². The average Bonchev–Trinajstić information content (AvgIpc) is 3.09. The third-order valence-electron chi connectivity index (χ3n) is 7.95. The molecule has 7 nitrogen and oxygen atoms in total. The third kappa shape index (κ3) is 2.68. The maximum Gasteiger partial charge on any atom is 0.333 e. The van der Waals surface area contributed by atoms with E-state index in [0.29, 0.717) is 11.8 Å². The SMILES string of the molecule is CN1CC[C@]23c4c5ccc(F)c4O[C@H]2[C@@H](OC2C[C@@H](O)C[C@@H](C(=O)O)O2)C=C[C@H]3[C@H]1C5. The fourth-order valence-corrected chi connectivity index (χ4v) is 6.60. The first-order chi connectivity index (χ1) is 14.9.